The smallest absolute Gasteiger partial charge is 0.223 e. The van der Waals surface area contributed by atoms with E-state index in [4.69, 9.17) is 9.47 Å². The van der Waals surface area contributed by atoms with Gasteiger partial charge in [0.1, 0.15) is 0 Å². The van der Waals surface area contributed by atoms with Gasteiger partial charge in [0.25, 0.3) is 0 Å². The first kappa shape index (κ1) is 21.0. The molecule has 1 aliphatic carbocycles. The SMILES string of the molecule is CN=C(NCCCNC(=O)C1CCC1)NCCCOCC1CCOCC1. The second kappa shape index (κ2) is 12.9. The number of rotatable bonds is 11. The molecular formula is C19H36N4O3. The third-order valence-electron chi connectivity index (χ3n) is 5.10. The van der Waals surface area contributed by atoms with Gasteiger partial charge in [-0.15, -0.1) is 0 Å². The molecule has 0 radical (unpaired) electrons. The third kappa shape index (κ3) is 8.36. The molecule has 26 heavy (non-hydrogen) atoms. The molecule has 1 amide bonds. The summed E-state index contributed by atoms with van der Waals surface area (Å²) in [5, 5.41) is 9.58. The number of hydrogen-bond donors (Lipinski definition) is 3. The number of aliphatic imine (C=N–C) groups is 1. The summed E-state index contributed by atoms with van der Waals surface area (Å²) in [4.78, 5) is 15.9. The van der Waals surface area contributed by atoms with Crippen molar-refractivity contribution < 1.29 is 14.3 Å². The minimum Gasteiger partial charge on any atom is -0.381 e. The molecule has 3 N–H and O–H groups in total. The van der Waals surface area contributed by atoms with Gasteiger partial charge in [0, 0.05) is 59.0 Å². The predicted octanol–water partition coefficient (Wildman–Crippen LogP) is 1.29. The van der Waals surface area contributed by atoms with Crippen LogP contribution in [0, 0.1) is 11.8 Å². The molecule has 1 heterocycles. The first-order chi connectivity index (χ1) is 12.8. The van der Waals surface area contributed by atoms with Gasteiger partial charge in [-0.2, -0.15) is 0 Å². The standard InChI is InChI=1S/C19H36N4O3/c1-20-19(22-10-3-9-21-18(24)17-5-2-6-17)23-11-4-12-26-15-16-7-13-25-14-8-16/h16-17H,2-15H2,1H3,(H,21,24)(H2,20,22,23). The fourth-order valence-corrected chi connectivity index (χ4v) is 3.09. The lowest BCUT2D eigenvalue weighted by Crippen LogP contribution is -2.40. The van der Waals surface area contributed by atoms with Crippen LogP contribution in [0.15, 0.2) is 4.99 Å². The molecule has 1 saturated carbocycles. The molecule has 0 aromatic carbocycles. The number of ether oxygens (including phenoxy) is 2. The Labute approximate surface area is 157 Å². The van der Waals surface area contributed by atoms with E-state index >= 15 is 0 Å². The summed E-state index contributed by atoms with van der Waals surface area (Å²) in [7, 11) is 1.77. The quantitative estimate of drug-likeness (QED) is 0.291. The summed E-state index contributed by atoms with van der Waals surface area (Å²) >= 11 is 0. The molecule has 1 aliphatic heterocycles. The second-order valence-electron chi connectivity index (χ2n) is 7.18. The van der Waals surface area contributed by atoms with Crippen LogP contribution in [0.5, 0.6) is 0 Å². The number of nitrogens with one attached hydrogen (secondary N) is 3. The Balaban J connectivity index is 1.39. The van der Waals surface area contributed by atoms with Crippen molar-refractivity contribution >= 4 is 11.9 Å². The Hall–Kier alpha value is -1.34. The van der Waals surface area contributed by atoms with E-state index in [1.165, 1.54) is 6.42 Å². The molecule has 2 rings (SSSR count). The van der Waals surface area contributed by atoms with Crippen LogP contribution in [-0.2, 0) is 14.3 Å². The third-order valence-corrected chi connectivity index (χ3v) is 5.10. The largest absolute Gasteiger partial charge is 0.381 e. The summed E-state index contributed by atoms with van der Waals surface area (Å²) in [6.45, 7) is 5.73. The number of carbonyl (C=O) groups is 1. The zero-order chi connectivity index (χ0) is 18.5. The molecule has 0 aromatic rings. The maximum absolute atomic E-state index is 11.7. The highest BCUT2D eigenvalue weighted by atomic mass is 16.5. The van der Waals surface area contributed by atoms with E-state index in [2.05, 4.69) is 20.9 Å². The zero-order valence-corrected chi connectivity index (χ0v) is 16.2. The maximum Gasteiger partial charge on any atom is 0.223 e. The number of amides is 1. The molecule has 2 aliphatic rings. The molecule has 2 fully saturated rings. The van der Waals surface area contributed by atoms with Crippen LogP contribution >= 0.6 is 0 Å². The van der Waals surface area contributed by atoms with Crippen LogP contribution in [-0.4, -0.2) is 65.0 Å². The summed E-state index contributed by atoms with van der Waals surface area (Å²) in [6.07, 6.45) is 7.40. The molecule has 0 bridgehead atoms. The van der Waals surface area contributed by atoms with Crippen molar-refractivity contribution in [1.29, 1.82) is 0 Å². The predicted molar refractivity (Wildman–Crippen MR) is 103 cm³/mol. The van der Waals surface area contributed by atoms with Crippen LogP contribution in [0.2, 0.25) is 0 Å². The van der Waals surface area contributed by atoms with Crippen molar-refractivity contribution in [3.63, 3.8) is 0 Å². The maximum atomic E-state index is 11.7. The molecular weight excluding hydrogens is 332 g/mol. The van der Waals surface area contributed by atoms with E-state index in [0.717, 1.165) is 90.5 Å². The van der Waals surface area contributed by atoms with Gasteiger partial charge in [0.05, 0.1) is 0 Å². The van der Waals surface area contributed by atoms with Crippen LogP contribution in [0.25, 0.3) is 0 Å². The van der Waals surface area contributed by atoms with Gasteiger partial charge in [-0.05, 0) is 44.4 Å². The highest BCUT2D eigenvalue weighted by Gasteiger charge is 2.24. The van der Waals surface area contributed by atoms with E-state index in [1.54, 1.807) is 7.05 Å². The Kier molecular flexibility index (Phi) is 10.4. The van der Waals surface area contributed by atoms with Gasteiger partial charge < -0.3 is 25.4 Å². The number of guanidine groups is 1. The van der Waals surface area contributed by atoms with E-state index in [9.17, 15) is 4.79 Å². The molecule has 0 spiro atoms. The monoisotopic (exact) mass is 368 g/mol. The van der Waals surface area contributed by atoms with Crippen molar-refractivity contribution in [2.75, 3.05) is 53.1 Å². The fourth-order valence-electron chi connectivity index (χ4n) is 3.09. The van der Waals surface area contributed by atoms with Gasteiger partial charge in [0.2, 0.25) is 5.91 Å². The molecule has 1 saturated heterocycles. The zero-order valence-electron chi connectivity index (χ0n) is 16.2. The Morgan fingerprint density at radius 3 is 2.38 bits per heavy atom. The Bertz CT molecular complexity index is 421. The topological polar surface area (TPSA) is 84.0 Å². The molecule has 0 aromatic heterocycles. The molecule has 0 unspecified atom stereocenters. The van der Waals surface area contributed by atoms with Crippen LogP contribution in [0.3, 0.4) is 0 Å². The van der Waals surface area contributed by atoms with Crippen LogP contribution in [0.1, 0.15) is 44.9 Å². The van der Waals surface area contributed by atoms with Gasteiger partial charge in [-0.3, -0.25) is 9.79 Å². The highest BCUT2D eigenvalue weighted by molar-refractivity contribution is 5.80. The Morgan fingerprint density at radius 2 is 1.73 bits per heavy atom. The Morgan fingerprint density at radius 1 is 1.04 bits per heavy atom. The normalized spacial score (nSPS) is 19.0. The summed E-state index contributed by atoms with van der Waals surface area (Å²) in [5.74, 6) is 1.96. The van der Waals surface area contributed by atoms with E-state index < -0.39 is 0 Å². The lowest BCUT2D eigenvalue weighted by Gasteiger charge is -2.24. The van der Waals surface area contributed by atoms with E-state index in [1.807, 2.05) is 0 Å². The van der Waals surface area contributed by atoms with Crippen molar-refractivity contribution in [2.24, 2.45) is 16.8 Å². The highest BCUT2D eigenvalue weighted by Crippen LogP contribution is 2.25. The summed E-state index contributed by atoms with van der Waals surface area (Å²) in [6, 6.07) is 0. The molecule has 7 nitrogen and oxygen atoms in total. The second-order valence-corrected chi connectivity index (χ2v) is 7.18. The first-order valence-corrected chi connectivity index (χ1v) is 10.2. The lowest BCUT2D eigenvalue weighted by molar-refractivity contribution is -0.127. The van der Waals surface area contributed by atoms with Gasteiger partial charge in [-0.25, -0.2) is 0 Å². The minimum absolute atomic E-state index is 0.222. The number of carbonyl (C=O) groups excluding carboxylic acids is 1. The average Bonchev–Trinajstić information content (AvgIpc) is 2.62. The first-order valence-electron chi connectivity index (χ1n) is 10.2. The van der Waals surface area contributed by atoms with Gasteiger partial charge >= 0.3 is 0 Å². The van der Waals surface area contributed by atoms with Gasteiger partial charge in [-0.1, -0.05) is 6.42 Å². The van der Waals surface area contributed by atoms with Crippen molar-refractivity contribution in [2.45, 2.75) is 44.9 Å². The summed E-state index contributed by atoms with van der Waals surface area (Å²) in [5.41, 5.74) is 0. The fraction of sp³-hybridized carbons (Fsp3) is 0.895. The number of hydrogen-bond acceptors (Lipinski definition) is 4. The van der Waals surface area contributed by atoms with E-state index in [-0.39, 0.29) is 11.8 Å². The molecule has 0 atom stereocenters. The average molecular weight is 369 g/mol. The van der Waals surface area contributed by atoms with Crippen LogP contribution < -0.4 is 16.0 Å². The van der Waals surface area contributed by atoms with Crippen molar-refractivity contribution in [3.8, 4) is 0 Å². The molecule has 150 valence electrons. The minimum atomic E-state index is 0.222. The summed E-state index contributed by atoms with van der Waals surface area (Å²) < 4.78 is 11.1. The van der Waals surface area contributed by atoms with Crippen molar-refractivity contribution in [3.05, 3.63) is 0 Å². The van der Waals surface area contributed by atoms with Crippen molar-refractivity contribution in [1.82, 2.24) is 16.0 Å². The van der Waals surface area contributed by atoms with Gasteiger partial charge in [0.15, 0.2) is 5.96 Å². The lowest BCUT2D eigenvalue weighted by atomic mass is 9.85. The van der Waals surface area contributed by atoms with Crippen LogP contribution in [0.4, 0.5) is 0 Å². The van der Waals surface area contributed by atoms with E-state index in [0.29, 0.717) is 5.92 Å². The number of nitrogens with zero attached hydrogens (tertiary/aromatic N) is 1. The molecule has 7 heteroatoms.